The predicted molar refractivity (Wildman–Crippen MR) is 106 cm³/mol. The number of halogens is 1. The van der Waals surface area contributed by atoms with Crippen LogP contribution in [0.5, 0.6) is 0 Å². The van der Waals surface area contributed by atoms with Gasteiger partial charge in [0, 0.05) is 62.6 Å². The Morgan fingerprint density at radius 3 is 2.90 bits per heavy atom. The second kappa shape index (κ2) is 7.26. The van der Waals surface area contributed by atoms with Crippen molar-refractivity contribution >= 4 is 11.6 Å². The van der Waals surface area contributed by atoms with Gasteiger partial charge in [-0.05, 0) is 24.5 Å². The zero-order valence-electron chi connectivity index (χ0n) is 16.2. The smallest absolute Gasteiger partial charge is 0.255 e. The molecule has 152 valence electrons. The van der Waals surface area contributed by atoms with Gasteiger partial charge in [-0.25, -0.2) is 4.39 Å². The van der Waals surface area contributed by atoms with E-state index in [9.17, 15) is 14.0 Å². The molecule has 5 rings (SSSR count). The molecule has 2 saturated heterocycles. The Hall–Kier alpha value is -2.74. The Kier molecular flexibility index (Phi) is 4.58. The second-order valence-electron chi connectivity index (χ2n) is 8.29. The van der Waals surface area contributed by atoms with Crippen LogP contribution in [0.2, 0.25) is 0 Å². The summed E-state index contributed by atoms with van der Waals surface area (Å²) in [6.45, 7) is 4.29. The number of pyridine rings is 2. The summed E-state index contributed by atoms with van der Waals surface area (Å²) in [5, 5.41) is 2.81. The first kappa shape index (κ1) is 18.3. The molecule has 1 amide bonds. The van der Waals surface area contributed by atoms with Gasteiger partial charge in [0.25, 0.3) is 5.56 Å². The molecule has 2 aromatic heterocycles. The Balaban J connectivity index is 1.40. The molecule has 0 radical (unpaired) electrons. The average molecular weight is 397 g/mol. The van der Waals surface area contributed by atoms with Crippen LogP contribution in [-0.2, 0) is 17.9 Å². The van der Waals surface area contributed by atoms with E-state index in [0.717, 1.165) is 30.8 Å². The molecule has 0 spiro atoms. The van der Waals surface area contributed by atoms with Gasteiger partial charge in [0.05, 0.1) is 18.4 Å². The maximum Gasteiger partial charge on any atom is 0.255 e. The van der Waals surface area contributed by atoms with E-state index in [1.54, 1.807) is 12.3 Å². The number of aromatic nitrogens is 2. The van der Waals surface area contributed by atoms with E-state index in [1.807, 2.05) is 21.6 Å². The van der Waals surface area contributed by atoms with E-state index in [1.165, 1.54) is 6.20 Å². The zero-order chi connectivity index (χ0) is 20.0. The minimum absolute atomic E-state index is 0.00674. The summed E-state index contributed by atoms with van der Waals surface area (Å²) in [5.74, 6) is 0.221. The van der Waals surface area contributed by atoms with Gasteiger partial charge in [-0.15, -0.1) is 0 Å². The quantitative estimate of drug-likeness (QED) is 0.835. The van der Waals surface area contributed by atoms with Crippen molar-refractivity contribution in [2.75, 3.05) is 37.6 Å². The van der Waals surface area contributed by atoms with Gasteiger partial charge in [0.1, 0.15) is 0 Å². The van der Waals surface area contributed by atoms with Gasteiger partial charge in [0.2, 0.25) is 5.91 Å². The first-order chi connectivity index (χ1) is 14.1. The molecule has 29 heavy (non-hydrogen) atoms. The summed E-state index contributed by atoms with van der Waals surface area (Å²) >= 11 is 0. The highest BCUT2D eigenvalue weighted by molar-refractivity contribution is 5.78. The number of hydrogen-bond donors (Lipinski definition) is 1. The highest BCUT2D eigenvalue weighted by Crippen LogP contribution is 2.37. The Labute approximate surface area is 168 Å². The predicted octanol–water partition coefficient (Wildman–Crippen LogP) is 0.938. The van der Waals surface area contributed by atoms with Crippen molar-refractivity contribution in [3.05, 3.63) is 58.0 Å². The summed E-state index contributed by atoms with van der Waals surface area (Å²) < 4.78 is 16.1. The zero-order valence-corrected chi connectivity index (χ0v) is 16.2. The number of piperazine rings is 1. The highest BCUT2D eigenvalue weighted by Gasteiger charge is 2.35. The van der Waals surface area contributed by atoms with Crippen molar-refractivity contribution in [2.45, 2.75) is 25.4 Å². The van der Waals surface area contributed by atoms with E-state index in [4.69, 9.17) is 0 Å². The summed E-state index contributed by atoms with van der Waals surface area (Å²) in [6, 6.07) is 5.68. The third-order valence-electron chi connectivity index (χ3n) is 6.29. The van der Waals surface area contributed by atoms with Crippen molar-refractivity contribution in [1.29, 1.82) is 0 Å². The molecule has 1 N–H and O–H groups in total. The number of amides is 1. The number of rotatable bonds is 3. The van der Waals surface area contributed by atoms with Gasteiger partial charge in [-0.1, -0.05) is 6.07 Å². The monoisotopic (exact) mass is 397 g/mol. The molecule has 3 aliphatic heterocycles. The molecule has 2 atom stereocenters. The number of piperidine rings is 1. The van der Waals surface area contributed by atoms with E-state index < -0.39 is 0 Å². The lowest BCUT2D eigenvalue weighted by atomic mass is 9.82. The molecule has 0 saturated carbocycles. The van der Waals surface area contributed by atoms with Gasteiger partial charge >= 0.3 is 0 Å². The van der Waals surface area contributed by atoms with Crippen molar-refractivity contribution in [1.82, 2.24) is 19.8 Å². The Morgan fingerprint density at radius 2 is 2.07 bits per heavy atom. The first-order valence-electron chi connectivity index (χ1n) is 10.1. The molecular formula is C21H24FN5O2. The van der Waals surface area contributed by atoms with Crippen LogP contribution in [0.25, 0.3) is 0 Å². The number of anilines is 1. The molecule has 0 aliphatic carbocycles. The van der Waals surface area contributed by atoms with E-state index >= 15 is 0 Å². The topological polar surface area (TPSA) is 70.5 Å². The fourth-order valence-corrected chi connectivity index (χ4v) is 5.00. The highest BCUT2D eigenvalue weighted by atomic mass is 19.1. The van der Waals surface area contributed by atoms with Gasteiger partial charge in [-0.2, -0.15) is 0 Å². The van der Waals surface area contributed by atoms with Crippen LogP contribution < -0.4 is 15.8 Å². The molecule has 2 fully saturated rings. The minimum atomic E-state index is -0.300. The molecule has 2 bridgehead atoms. The lowest BCUT2D eigenvalue weighted by Gasteiger charge is -2.44. The van der Waals surface area contributed by atoms with Crippen molar-refractivity contribution in [2.24, 2.45) is 5.92 Å². The molecule has 5 heterocycles. The normalized spacial score (nSPS) is 24.2. The van der Waals surface area contributed by atoms with Crippen LogP contribution in [0.3, 0.4) is 0 Å². The summed E-state index contributed by atoms with van der Waals surface area (Å²) in [6.07, 6.45) is 3.90. The van der Waals surface area contributed by atoms with Gasteiger partial charge in [-0.3, -0.25) is 19.5 Å². The van der Waals surface area contributed by atoms with Crippen LogP contribution in [0.15, 0.2) is 35.4 Å². The maximum atomic E-state index is 14.2. The fourth-order valence-electron chi connectivity index (χ4n) is 5.00. The number of carbonyl (C=O) groups is 1. The van der Waals surface area contributed by atoms with E-state index in [-0.39, 0.29) is 23.2 Å². The minimum Gasteiger partial charge on any atom is -0.368 e. The number of carbonyl (C=O) groups excluding carboxylic acids is 1. The second-order valence-corrected chi connectivity index (χ2v) is 8.29. The third-order valence-corrected chi connectivity index (χ3v) is 6.29. The van der Waals surface area contributed by atoms with Crippen LogP contribution in [-0.4, -0.2) is 53.1 Å². The van der Waals surface area contributed by atoms with Crippen molar-refractivity contribution in [3.63, 3.8) is 0 Å². The number of nitrogens with one attached hydrogen (secondary N) is 1. The molecule has 7 nitrogen and oxygen atoms in total. The summed E-state index contributed by atoms with van der Waals surface area (Å²) in [5.41, 5.74) is 2.41. The van der Waals surface area contributed by atoms with E-state index in [0.29, 0.717) is 44.3 Å². The third kappa shape index (κ3) is 3.42. The number of nitrogens with zero attached hydrogens (tertiary/aromatic N) is 4. The Bertz CT molecular complexity index is 1010. The average Bonchev–Trinajstić information content (AvgIpc) is 2.71. The number of hydrogen-bond acceptors (Lipinski definition) is 5. The van der Waals surface area contributed by atoms with Crippen molar-refractivity contribution < 1.29 is 9.18 Å². The summed E-state index contributed by atoms with van der Waals surface area (Å²) in [7, 11) is 0. The molecule has 0 aromatic carbocycles. The molecule has 2 aromatic rings. The van der Waals surface area contributed by atoms with Crippen LogP contribution in [0, 0.1) is 11.7 Å². The fraction of sp³-hybridized carbons (Fsp3) is 0.476. The van der Waals surface area contributed by atoms with Crippen LogP contribution in [0.4, 0.5) is 10.1 Å². The maximum absolute atomic E-state index is 14.2. The standard InChI is InChI=1S/C21H24FN5O2/c22-17-8-23-4-3-19(17)26-9-14-7-16(12-26)18-2-1-15(21(29)27(18)10-14)11-25-6-5-24-20(28)13-25/h1-4,8,14,16H,5-7,9-13H2,(H,24,28)/t14-,16+/m0/s1. The SMILES string of the molecule is O=C1CN(Cc2ccc3n(c2=O)C[C@H]2C[C@@H]3CN(c3ccncc3F)C2)CCN1. The molecular weight excluding hydrogens is 373 g/mol. The van der Waals surface area contributed by atoms with Gasteiger partial charge < -0.3 is 14.8 Å². The van der Waals surface area contributed by atoms with Gasteiger partial charge in [0.15, 0.2) is 5.82 Å². The van der Waals surface area contributed by atoms with E-state index in [2.05, 4.69) is 15.2 Å². The molecule has 8 heteroatoms. The first-order valence-corrected chi connectivity index (χ1v) is 10.1. The molecule has 0 unspecified atom stereocenters. The summed E-state index contributed by atoms with van der Waals surface area (Å²) in [4.78, 5) is 32.7. The largest absolute Gasteiger partial charge is 0.368 e. The van der Waals surface area contributed by atoms with Crippen LogP contribution in [0.1, 0.15) is 23.6 Å². The Morgan fingerprint density at radius 1 is 1.17 bits per heavy atom. The lowest BCUT2D eigenvalue weighted by molar-refractivity contribution is -0.124. The lowest BCUT2D eigenvalue weighted by Crippen LogP contribution is -2.49. The van der Waals surface area contributed by atoms with Crippen LogP contribution >= 0.6 is 0 Å². The molecule has 3 aliphatic rings. The van der Waals surface area contributed by atoms with Crippen molar-refractivity contribution in [3.8, 4) is 0 Å². The number of fused-ring (bicyclic) bond motifs is 4.